The van der Waals surface area contributed by atoms with E-state index in [1.54, 1.807) is 24.3 Å². The fourth-order valence-corrected chi connectivity index (χ4v) is 2.84. The van der Waals surface area contributed by atoms with E-state index in [1.165, 1.54) is 12.1 Å². The number of nitrogens with two attached hydrogens (primary N) is 1. The molecule has 4 aromatic rings. The number of aliphatic carboxylic acids is 1. The highest BCUT2D eigenvalue weighted by molar-refractivity contribution is 5.73. The highest BCUT2D eigenvalue weighted by atomic mass is 19.4. The normalized spacial score (nSPS) is 10.7. The topological polar surface area (TPSA) is 94.7 Å². The Kier molecular flexibility index (Phi) is 8.58. The molecule has 0 amide bonds. The first-order valence-corrected chi connectivity index (χ1v) is 10.4. The van der Waals surface area contributed by atoms with Crippen LogP contribution >= 0.6 is 0 Å². The molecule has 0 aliphatic rings. The lowest BCUT2D eigenvalue weighted by atomic mass is 10.1. The summed E-state index contributed by atoms with van der Waals surface area (Å²) in [6, 6.07) is 26.7. The molecule has 4 rings (SSSR count). The van der Waals surface area contributed by atoms with Crippen LogP contribution in [0.25, 0.3) is 11.3 Å². The zero-order valence-corrected chi connectivity index (χ0v) is 18.6. The molecule has 0 saturated carbocycles. The van der Waals surface area contributed by atoms with Crippen molar-refractivity contribution in [2.75, 3.05) is 0 Å². The first kappa shape index (κ1) is 26.2. The van der Waals surface area contributed by atoms with Gasteiger partial charge in [0, 0.05) is 24.2 Å². The molecule has 0 fully saturated rings. The van der Waals surface area contributed by atoms with Crippen LogP contribution in [0.5, 0.6) is 23.1 Å². The molecule has 10 heteroatoms. The molecule has 0 aliphatic carbocycles. The Balaban J connectivity index is 0.000000454. The van der Waals surface area contributed by atoms with Gasteiger partial charge in [-0.05, 0) is 60.2 Å². The average molecular weight is 500 g/mol. The summed E-state index contributed by atoms with van der Waals surface area (Å²) in [4.78, 5) is 13.4. The fraction of sp³-hybridized carbons (Fsp3) is 0.0769. The van der Waals surface area contributed by atoms with E-state index in [9.17, 15) is 17.6 Å². The number of rotatable bonds is 6. The van der Waals surface area contributed by atoms with Crippen molar-refractivity contribution in [2.24, 2.45) is 5.73 Å². The number of carbonyl (C=O) groups is 1. The number of ether oxygens (including phenoxy) is 2. The quantitative estimate of drug-likeness (QED) is 0.291. The smallest absolute Gasteiger partial charge is 0.475 e. The average Bonchev–Trinajstić information content (AvgIpc) is 2.85. The molecule has 186 valence electrons. The highest BCUT2D eigenvalue weighted by Gasteiger charge is 2.38. The third kappa shape index (κ3) is 7.81. The Bertz CT molecular complexity index is 1300. The van der Waals surface area contributed by atoms with Crippen molar-refractivity contribution in [1.82, 2.24) is 4.98 Å². The van der Waals surface area contributed by atoms with Crippen LogP contribution in [0.1, 0.15) is 5.56 Å². The number of alkyl halides is 3. The van der Waals surface area contributed by atoms with Gasteiger partial charge in [0.1, 0.15) is 23.1 Å². The summed E-state index contributed by atoms with van der Waals surface area (Å²) in [6.45, 7) is 0.338. The van der Waals surface area contributed by atoms with Crippen LogP contribution in [0.4, 0.5) is 17.6 Å². The number of carboxylic acid groups (broad SMARTS) is 1. The lowest BCUT2D eigenvalue weighted by molar-refractivity contribution is -0.192. The standard InChI is InChI=1S/C24H19FN2O2.C2HF3O2/c25-19-11-9-18(10-12-19)23-13-17(16-26)14-24(27-23)29-22-8-4-7-21(15-22)28-20-5-2-1-3-6-20;3-2(4,5)1(6)7/h1-15H,16,26H2;(H,6,7). The van der Waals surface area contributed by atoms with Gasteiger partial charge in [0.15, 0.2) is 0 Å². The van der Waals surface area contributed by atoms with Crippen LogP contribution < -0.4 is 15.2 Å². The molecule has 0 saturated heterocycles. The number of nitrogens with zero attached hydrogens (tertiary/aromatic N) is 1. The predicted molar refractivity (Wildman–Crippen MR) is 124 cm³/mol. The Morgan fingerprint density at radius 3 is 2.00 bits per heavy atom. The van der Waals surface area contributed by atoms with Gasteiger partial charge in [-0.15, -0.1) is 0 Å². The number of hydrogen-bond acceptors (Lipinski definition) is 5. The van der Waals surface area contributed by atoms with Crippen molar-refractivity contribution in [1.29, 1.82) is 0 Å². The van der Waals surface area contributed by atoms with Crippen molar-refractivity contribution in [2.45, 2.75) is 12.7 Å². The number of halogens is 4. The first-order chi connectivity index (χ1) is 17.1. The van der Waals surface area contributed by atoms with E-state index in [4.69, 9.17) is 25.1 Å². The van der Waals surface area contributed by atoms with Crippen molar-refractivity contribution in [3.05, 3.63) is 102 Å². The SMILES string of the molecule is NCc1cc(Oc2cccc(Oc3ccccc3)c2)nc(-c2ccc(F)cc2)c1.O=C(O)C(F)(F)F. The summed E-state index contributed by atoms with van der Waals surface area (Å²) in [5, 5.41) is 7.12. The largest absolute Gasteiger partial charge is 0.490 e. The lowest BCUT2D eigenvalue weighted by Crippen LogP contribution is -2.21. The molecule has 1 heterocycles. The maximum absolute atomic E-state index is 13.2. The van der Waals surface area contributed by atoms with Crippen LogP contribution in [0.15, 0.2) is 91.0 Å². The monoisotopic (exact) mass is 500 g/mol. The molecule has 0 atom stereocenters. The van der Waals surface area contributed by atoms with Crippen LogP contribution in [0, 0.1) is 5.82 Å². The third-order valence-corrected chi connectivity index (χ3v) is 4.49. The molecule has 1 aromatic heterocycles. The van der Waals surface area contributed by atoms with Crippen LogP contribution in [-0.4, -0.2) is 22.2 Å². The molecule has 3 N–H and O–H groups in total. The lowest BCUT2D eigenvalue weighted by Gasteiger charge is -2.11. The van der Waals surface area contributed by atoms with E-state index in [1.807, 2.05) is 54.6 Å². The summed E-state index contributed by atoms with van der Waals surface area (Å²) in [5.41, 5.74) is 8.15. The second kappa shape index (κ2) is 11.8. The zero-order chi connectivity index (χ0) is 26.1. The van der Waals surface area contributed by atoms with Gasteiger partial charge >= 0.3 is 12.1 Å². The molecular formula is C26H20F4N2O4. The maximum Gasteiger partial charge on any atom is 0.490 e. The third-order valence-electron chi connectivity index (χ3n) is 4.49. The second-order valence-electron chi connectivity index (χ2n) is 7.20. The molecule has 0 unspecified atom stereocenters. The molecule has 3 aromatic carbocycles. The first-order valence-electron chi connectivity index (χ1n) is 10.4. The Labute approximate surface area is 203 Å². The summed E-state index contributed by atoms with van der Waals surface area (Å²) in [6.07, 6.45) is -5.08. The minimum atomic E-state index is -5.08. The highest BCUT2D eigenvalue weighted by Crippen LogP contribution is 2.29. The van der Waals surface area contributed by atoms with E-state index >= 15 is 0 Å². The summed E-state index contributed by atoms with van der Waals surface area (Å²) < 4.78 is 56.8. The van der Waals surface area contributed by atoms with E-state index in [2.05, 4.69) is 4.98 Å². The Morgan fingerprint density at radius 1 is 0.833 bits per heavy atom. The molecule has 0 bridgehead atoms. The number of aromatic nitrogens is 1. The minimum absolute atomic E-state index is 0.296. The molecule has 0 radical (unpaired) electrons. The van der Waals surface area contributed by atoms with Crippen LogP contribution in [-0.2, 0) is 11.3 Å². The Morgan fingerprint density at radius 2 is 1.42 bits per heavy atom. The van der Waals surface area contributed by atoms with Gasteiger partial charge in [-0.1, -0.05) is 24.3 Å². The predicted octanol–water partition coefficient (Wildman–Crippen LogP) is 6.56. The molecule has 0 aliphatic heterocycles. The molecular weight excluding hydrogens is 480 g/mol. The minimum Gasteiger partial charge on any atom is -0.475 e. The van der Waals surface area contributed by atoms with Gasteiger partial charge in [-0.2, -0.15) is 13.2 Å². The number of para-hydroxylation sites is 1. The van der Waals surface area contributed by atoms with E-state index < -0.39 is 12.1 Å². The van der Waals surface area contributed by atoms with Crippen LogP contribution in [0.3, 0.4) is 0 Å². The van der Waals surface area contributed by atoms with E-state index in [0.717, 1.165) is 16.9 Å². The van der Waals surface area contributed by atoms with Crippen molar-refractivity contribution < 1.29 is 36.9 Å². The van der Waals surface area contributed by atoms with Gasteiger partial charge in [-0.25, -0.2) is 14.2 Å². The van der Waals surface area contributed by atoms with Crippen molar-refractivity contribution in [3.8, 4) is 34.4 Å². The van der Waals surface area contributed by atoms with Gasteiger partial charge < -0.3 is 20.3 Å². The molecule has 6 nitrogen and oxygen atoms in total. The van der Waals surface area contributed by atoms with Crippen molar-refractivity contribution in [3.63, 3.8) is 0 Å². The van der Waals surface area contributed by atoms with Gasteiger partial charge in [0.25, 0.3) is 0 Å². The van der Waals surface area contributed by atoms with Gasteiger partial charge in [0.2, 0.25) is 5.88 Å². The molecule has 0 spiro atoms. The zero-order valence-electron chi connectivity index (χ0n) is 18.6. The Hall–Kier alpha value is -4.44. The molecule has 36 heavy (non-hydrogen) atoms. The van der Waals surface area contributed by atoms with Crippen molar-refractivity contribution >= 4 is 5.97 Å². The van der Waals surface area contributed by atoms with Gasteiger partial charge in [-0.3, -0.25) is 0 Å². The summed E-state index contributed by atoms with van der Waals surface area (Å²) in [7, 11) is 0. The van der Waals surface area contributed by atoms with E-state index in [0.29, 0.717) is 29.6 Å². The second-order valence-corrected chi connectivity index (χ2v) is 7.20. The summed E-state index contributed by atoms with van der Waals surface area (Å²) in [5.74, 6) is -0.661. The fourth-order valence-electron chi connectivity index (χ4n) is 2.84. The number of carboxylic acids is 1. The number of hydrogen-bond donors (Lipinski definition) is 2. The number of benzene rings is 3. The maximum atomic E-state index is 13.2. The summed E-state index contributed by atoms with van der Waals surface area (Å²) >= 11 is 0. The van der Waals surface area contributed by atoms with Crippen LogP contribution in [0.2, 0.25) is 0 Å². The number of pyridine rings is 1. The van der Waals surface area contributed by atoms with Gasteiger partial charge in [0.05, 0.1) is 5.69 Å². The van der Waals surface area contributed by atoms with E-state index in [-0.39, 0.29) is 5.82 Å².